The monoisotopic (exact) mass is 414 g/mol. The number of carbonyl (C=O) groups is 1. The molecule has 6 heteroatoms. The average molecular weight is 415 g/mol. The van der Waals surface area contributed by atoms with Crippen molar-refractivity contribution in [1.82, 2.24) is 9.88 Å². The molecule has 3 aromatic rings. The van der Waals surface area contributed by atoms with Gasteiger partial charge in [0.2, 0.25) is 0 Å². The Labute approximate surface area is 173 Å². The summed E-state index contributed by atoms with van der Waals surface area (Å²) in [6.07, 6.45) is 1.51. The molecule has 0 aliphatic carbocycles. The van der Waals surface area contributed by atoms with Gasteiger partial charge in [0.05, 0.1) is 33.2 Å². The van der Waals surface area contributed by atoms with Gasteiger partial charge >= 0.3 is 5.97 Å². The molecule has 2 atom stereocenters. The largest absolute Gasteiger partial charge is 0.481 e. The van der Waals surface area contributed by atoms with Gasteiger partial charge in [0.1, 0.15) is 0 Å². The van der Waals surface area contributed by atoms with Crippen LogP contribution in [0.25, 0.3) is 10.9 Å². The maximum absolute atomic E-state index is 11.6. The summed E-state index contributed by atoms with van der Waals surface area (Å²) in [5.41, 5.74) is 2.59. The number of aliphatic carboxylic acids is 1. The number of nitrogens with zero attached hydrogens (tertiary/aromatic N) is 2. The third kappa shape index (κ3) is 3.72. The number of para-hydroxylation sites is 1. The molecule has 1 aliphatic rings. The molecule has 1 N–H and O–H groups in total. The van der Waals surface area contributed by atoms with Crippen LogP contribution in [0.4, 0.5) is 0 Å². The second-order valence-electron chi connectivity index (χ2n) is 7.15. The van der Waals surface area contributed by atoms with E-state index in [-0.39, 0.29) is 6.04 Å². The van der Waals surface area contributed by atoms with Crippen molar-refractivity contribution in [2.75, 3.05) is 13.1 Å². The zero-order valence-electron chi connectivity index (χ0n) is 15.2. The Morgan fingerprint density at radius 3 is 2.75 bits per heavy atom. The van der Waals surface area contributed by atoms with E-state index in [2.05, 4.69) is 4.90 Å². The fourth-order valence-electron chi connectivity index (χ4n) is 3.95. The molecule has 0 amide bonds. The Kier molecular flexibility index (Phi) is 5.54. The summed E-state index contributed by atoms with van der Waals surface area (Å²) >= 11 is 12.9. The molecule has 1 aromatic heterocycles. The van der Waals surface area contributed by atoms with Crippen molar-refractivity contribution >= 4 is 40.1 Å². The molecular formula is C22H20Cl2N2O2. The van der Waals surface area contributed by atoms with Gasteiger partial charge < -0.3 is 5.11 Å². The normalized spacial score (nSPS) is 18.9. The van der Waals surface area contributed by atoms with Crippen molar-refractivity contribution in [1.29, 1.82) is 0 Å². The van der Waals surface area contributed by atoms with Crippen molar-refractivity contribution in [3.05, 3.63) is 75.9 Å². The van der Waals surface area contributed by atoms with E-state index in [9.17, 15) is 9.90 Å². The van der Waals surface area contributed by atoms with Crippen LogP contribution in [0.5, 0.6) is 0 Å². The van der Waals surface area contributed by atoms with Gasteiger partial charge in [-0.25, -0.2) is 0 Å². The maximum Gasteiger partial charge on any atom is 0.307 e. The highest BCUT2D eigenvalue weighted by Crippen LogP contribution is 2.38. The molecule has 2 unspecified atom stereocenters. The van der Waals surface area contributed by atoms with Crippen molar-refractivity contribution in [3.8, 4) is 0 Å². The van der Waals surface area contributed by atoms with Crippen LogP contribution in [0, 0.1) is 5.92 Å². The lowest BCUT2D eigenvalue weighted by molar-refractivity contribution is -0.143. The number of rotatable bonds is 4. The Morgan fingerprint density at radius 1 is 1.11 bits per heavy atom. The molecule has 2 heterocycles. The van der Waals surface area contributed by atoms with Crippen molar-refractivity contribution in [3.63, 3.8) is 0 Å². The summed E-state index contributed by atoms with van der Waals surface area (Å²) in [4.78, 5) is 18.6. The number of carboxylic acid groups (broad SMARTS) is 1. The molecule has 0 saturated carbocycles. The topological polar surface area (TPSA) is 53.4 Å². The molecular weight excluding hydrogens is 395 g/mol. The van der Waals surface area contributed by atoms with E-state index in [0.29, 0.717) is 23.0 Å². The summed E-state index contributed by atoms with van der Waals surface area (Å²) in [7, 11) is 0. The van der Waals surface area contributed by atoms with Crippen molar-refractivity contribution in [2.45, 2.75) is 18.9 Å². The van der Waals surface area contributed by atoms with Crippen LogP contribution in [-0.4, -0.2) is 34.0 Å². The molecule has 1 aliphatic heterocycles. The third-order valence-corrected chi connectivity index (χ3v) is 6.18. The molecule has 4 rings (SSSR count). The van der Waals surface area contributed by atoms with Crippen LogP contribution in [0.1, 0.15) is 30.1 Å². The Bertz CT molecular complexity index is 1020. The average Bonchev–Trinajstić information content (AvgIpc) is 2.71. The third-order valence-electron chi connectivity index (χ3n) is 5.34. The standard InChI is InChI=1S/C22H20Cl2N2O2/c23-17-8-3-7-16(20(17)24)21(26-12-4-6-15(13-26)22(27)28)19-11-10-14-5-1-2-9-18(14)25-19/h1-3,5,7-11,15,21H,4,6,12-13H2,(H,27,28). The molecule has 28 heavy (non-hydrogen) atoms. The van der Waals surface area contributed by atoms with Crippen LogP contribution in [0.2, 0.25) is 10.0 Å². The number of hydrogen-bond donors (Lipinski definition) is 1. The lowest BCUT2D eigenvalue weighted by Crippen LogP contribution is -2.41. The minimum atomic E-state index is -0.757. The van der Waals surface area contributed by atoms with Gasteiger partial charge in [-0.05, 0) is 43.1 Å². The van der Waals surface area contributed by atoms with Crippen LogP contribution >= 0.6 is 23.2 Å². The number of carboxylic acids is 1. The van der Waals surface area contributed by atoms with Gasteiger partial charge in [0.15, 0.2) is 0 Å². The van der Waals surface area contributed by atoms with E-state index in [4.69, 9.17) is 28.2 Å². The predicted octanol–water partition coefficient (Wildman–Crippen LogP) is 5.43. The molecule has 4 nitrogen and oxygen atoms in total. The second-order valence-corrected chi connectivity index (χ2v) is 7.93. The minimum absolute atomic E-state index is 0.252. The highest BCUT2D eigenvalue weighted by atomic mass is 35.5. The van der Waals surface area contributed by atoms with E-state index in [1.165, 1.54) is 0 Å². The van der Waals surface area contributed by atoms with Crippen LogP contribution in [0.3, 0.4) is 0 Å². The fraction of sp³-hybridized carbons (Fsp3) is 0.273. The number of fused-ring (bicyclic) bond motifs is 1. The lowest BCUT2D eigenvalue weighted by Gasteiger charge is -2.37. The maximum atomic E-state index is 11.6. The van der Waals surface area contributed by atoms with Gasteiger partial charge in [0.25, 0.3) is 0 Å². The quantitative estimate of drug-likeness (QED) is 0.618. The van der Waals surface area contributed by atoms with Crippen molar-refractivity contribution in [2.24, 2.45) is 5.92 Å². The number of benzene rings is 2. The van der Waals surface area contributed by atoms with Crippen LogP contribution in [-0.2, 0) is 4.79 Å². The number of piperidine rings is 1. The minimum Gasteiger partial charge on any atom is -0.481 e. The smallest absolute Gasteiger partial charge is 0.307 e. The van der Waals surface area contributed by atoms with Crippen molar-refractivity contribution < 1.29 is 9.90 Å². The van der Waals surface area contributed by atoms with E-state index in [1.807, 2.05) is 48.5 Å². The number of pyridine rings is 1. The Morgan fingerprint density at radius 2 is 1.93 bits per heavy atom. The summed E-state index contributed by atoms with van der Waals surface area (Å²) < 4.78 is 0. The van der Waals surface area contributed by atoms with Crippen LogP contribution < -0.4 is 0 Å². The molecule has 2 aromatic carbocycles. The second kappa shape index (κ2) is 8.08. The highest BCUT2D eigenvalue weighted by molar-refractivity contribution is 6.42. The van der Waals surface area contributed by atoms with E-state index >= 15 is 0 Å². The lowest BCUT2D eigenvalue weighted by atomic mass is 9.93. The molecule has 1 saturated heterocycles. The predicted molar refractivity (Wildman–Crippen MR) is 112 cm³/mol. The summed E-state index contributed by atoms with van der Waals surface area (Å²) in [5.74, 6) is -1.15. The van der Waals surface area contributed by atoms with Gasteiger partial charge in [0, 0.05) is 11.9 Å². The summed E-state index contributed by atoms with van der Waals surface area (Å²) in [6.45, 7) is 1.24. The van der Waals surface area contributed by atoms with E-state index < -0.39 is 11.9 Å². The van der Waals surface area contributed by atoms with E-state index in [0.717, 1.165) is 35.1 Å². The SMILES string of the molecule is O=C(O)C1CCCN(C(c2ccc3ccccc3n2)c2cccc(Cl)c2Cl)C1. The first kappa shape index (κ1) is 19.2. The first-order chi connectivity index (χ1) is 13.5. The fourth-order valence-corrected chi connectivity index (χ4v) is 4.36. The first-order valence-electron chi connectivity index (χ1n) is 9.31. The Balaban J connectivity index is 1.83. The molecule has 0 bridgehead atoms. The number of halogens is 2. The van der Waals surface area contributed by atoms with Crippen LogP contribution in [0.15, 0.2) is 54.6 Å². The molecule has 0 radical (unpaired) electrons. The van der Waals surface area contributed by atoms with Gasteiger partial charge in [-0.3, -0.25) is 14.7 Å². The van der Waals surface area contributed by atoms with E-state index in [1.54, 1.807) is 6.07 Å². The zero-order chi connectivity index (χ0) is 19.7. The summed E-state index contributed by atoms with van der Waals surface area (Å²) in [5, 5.41) is 11.6. The van der Waals surface area contributed by atoms with Gasteiger partial charge in [-0.2, -0.15) is 0 Å². The first-order valence-corrected chi connectivity index (χ1v) is 10.1. The number of hydrogen-bond acceptors (Lipinski definition) is 3. The molecule has 1 fully saturated rings. The highest BCUT2D eigenvalue weighted by Gasteiger charge is 2.33. The van der Waals surface area contributed by atoms with Gasteiger partial charge in [-0.1, -0.05) is 59.6 Å². The number of likely N-dealkylation sites (tertiary alicyclic amines) is 1. The molecule has 0 spiro atoms. The summed E-state index contributed by atoms with van der Waals surface area (Å²) in [6, 6.07) is 17.3. The Hall–Kier alpha value is -2.14. The zero-order valence-corrected chi connectivity index (χ0v) is 16.7. The van der Waals surface area contributed by atoms with Gasteiger partial charge in [-0.15, -0.1) is 0 Å². The molecule has 144 valence electrons. The number of aromatic nitrogens is 1.